The fourth-order valence-electron chi connectivity index (χ4n) is 5.08. The summed E-state index contributed by atoms with van der Waals surface area (Å²) in [5.41, 5.74) is 4.37. The Morgan fingerprint density at radius 1 is 1.05 bits per heavy atom. The standard InChI is InChI=1S/C34H47N7O2S/c1-9-43-29-22-26(34(42)41(7)18-16-24(2)39(5)21-20-38(3)4)15-14-25(29)23-31-35-28-17-19-40(6)32(28)33(37-31)36-27-12-10-11-13-30(27)44-8/h10-15,17,19,22,24H,9,16,18,20-21,23H2,1-8H3,(H,35,36,37). The van der Waals surface area contributed by atoms with Crippen LogP contribution in [0, 0.1) is 0 Å². The SMILES string of the molecule is CCOc1cc(C(=O)N(C)CCC(C)N(C)CCN(C)C)ccc1Cc1nc(Nc2ccccc2SC)c2c(ccn2C)n1. The molecule has 1 atom stereocenters. The average Bonchev–Trinajstić information content (AvgIpc) is 3.39. The van der Waals surface area contributed by atoms with Gasteiger partial charge in [0.15, 0.2) is 5.82 Å². The molecule has 1 N–H and O–H groups in total. The Morgan fingerprint density at radius 2 is 1.82 bits per heavy atom. The second kappa shape index (κ2) is 15.4. The number of para-hydroxylation sites is 1. The van der Waals surface area contributed by atoms with Gasteiger partial charge in [0.25, 0.3) is 5.91 Å². The summed E-state index contributed by atoms with van der Waals surface area (Å²) in [6.07, 6.45) is 5.44. The van der Waals surface area contributed by atoms with Gasteiger partial charge in [0.1, 0.15) is 17.1 Å². The van der Waals surface area contributed by atoms with Crippen LogP contribution in [-0.2, 0) is 13.5 Å². The van der Waals surface area contributed by atoms with Gasteiger partial charge in [-0.25, -0.2) is 9.97 Å². The van der Waals surface area contributed by atoms with Crippen LogP contribution in [0.15, 0.2) is 59.6 Å². The highest BCUT2D eigenvalue weighted by Gasteiger charge is 2.19. The van der Waals surface area contributed by atoms with E-state index in [4.69, 9.17) is 14.7 Å². The molecule has 10 heteroatoms. The van der Waals surface area contributed by atoms with E-state index in [2.05, 4.69) is 61.6 Å². The van der Waals surface area contributed by atoms with Crippen LogP contribution in [0.4, 0.5) is 11.5 Å². The first-order valence-corrected chi connectivity index (χ1v) is 16.4. The summed E-state index contributed by atoms with van der Waals surface area (Å²) < 4.78 is 8.08. The molecule has 0 aliphatic rings. The third kappa shape index (κ3) is 8.31. The van der Waals surface area contributed by atoms with E-state index < -0.39 is 0 Å². The monoisotopic (exact) mass is 617 g/mol. The normalized spacial score (nSPS) is 12.2. The number of benzene rings is 2. The van der Waals surface area contributed by atoms with E-state index in [1.165, 1.54) is 0 Å². The lowest BCUT2D eigenvalue weighted by atomic mass is 10.1. The number of aryl methyl sites for hydroxylation is 1. The van der Waals surface area contributed by atoms with Crippen molar-refractivity contribution in [1.82, 2.24) is 29.2 Å². The average molecular weight is 618 g/mol. The third-order valence-electron chi connectivity index (χ3n) is 7.97. The molecule has 0 saturated heterocycles. The van der Waals surface area contributed by atoms with E-state index >= 15 is 0 Å². The summed E-state index contributed by atoms with van der Waals surface area (Å²) in [6.45, 7) is 7.35. The van der Waals surface area contributed by atoms with Gasteiger partial charge < -0.3 is 29.3 Å². The number of hydrogen-bond donors (Lipinski definition) is 1. The molecule has 2 aromatic heterocycles. The van der Waals surface area contributed by atoms with Crippen LogP contribution >= 0.6 is 11.8 Å². The molecule has 4 aromatic rings. The van der Waals surface area contributed by atoms with Gasteiger partial charge in [-0.1, -0.05) is 18.2 Å². The highest BCUT2D eigenvalue weighted by atomic mass is 32.2. The summed E-state index contributed by atoms with van der Waals surface area (Å²) in [5.74, 6) is 2.11. The maximum atomic E-state index is 13.4. The number of hydrogen-bond acceptors (Lipinski definition) is 8. The number of rotatable bonds is 15. The van der Waals surface area contributed by atoms with E-state index in [1.54, 1.807) is 16.7 Å². The number of aromatic nitrogens is 3. The quantitative estimate of drug-likeness (QED) is 0.169. The summed E-state index contributed by atoms with van der Waals surface area (Å²) >= 11 is 1.69. The number of carbonyl (C=O) groups is 1. The van der Waals surface area contributed by atoms with Crippen molar-refractivity contribution in [2.45, 2.75) is 37.6 Å². The lowest BCUT2D eigenvalue weighted by Crippen LogP contribution is -2.38. The number of nitrogens with one attached hydrogen (secondary N) is 1. The third-order valence-corrected chi connectivity index (χ3v) is 8.77. The van der Waals surface area contributed by atoms with Crippen LogP contribution in [0.1, 0.15) is 42.0 Å². The van der Waals surface area contributed by atoms with E-state index in [0.29, 0.717) is 42.8 Å². The molecular formula is C34H47N7O2S. The molecule has 2 aromatic carbocycles. The summed E-state index contributed by atoms with van der Waals surface area (Å²) in [5, 5.41) is 3.56. The van der Waals surface area contributed by atoms with Crippen molar-refractivity contribution in [3.8, 4) is 5.75 Å². The topological polar surface area (TPSA) is 78.8 Å². The molecule has 0 radical (unpaired) electrons. The maximum Gasteiger partial charge on any atom is 0.253 e. The van der Waals surface area contributed by atoms with Gasteiger partial charge in [-0.15, -0.1) is 11.8 Å². The van der Waals surface area contributed by atoms with Gasteiger partial charge >= 0.3 is 0 Å². The van der Waals surface area contributed by atoms with Gasteiger partial charge in [0.2, 0.25) is 0 Å². The number of amides is 1. The Balaban J connectivity index is 1.53. The summed E-state index contributed by atoms with van der Waals surface area (Å²) in [6, 6.07) is 16.3. The predicted molar refractivity (Wildman–Crippen MR) is 183 cm³/mol. The van der Waals surface area contributed by atoms with Crippen LogP contribution in [0.25, 0.3) is 11.0 Å². The number of thioether (sulfide) groups is 1. The van der Waals surface area contributed by atoms with E-state index in [9.17, 15) is 4.79 Å². The van der Waals surface area contributed by atoms with Crippen molar-refractivity contribution in [3.05, 3.63) is 71.7 Å². The number of fused-ring (bicyclic) bond motifs is 1. The fraction of sp³-hybridized carbons (Fsp3) is 0.441. The Bertz CT molecular complexity index is 1550. The van der Waals surface area contributed by atoms with Crippen LogP contribution in [-0.4, -0.2) is 102 Å². The van der Waals surface area contributed by atoms with Crippen LogP contribution in [0.3, 0.4) is 0 Å². The minimum atomic E-state index is -0.0125. The Hall–Kier alpha value is -3.60. The number of carbonyl (C=O) groups excluding carboxylic acids is 1. The van der Waals surface area contributed by atoms with Crippen LogP contribution in [0.5, 0.6) is 5.75 Å². The van der Waals surface area contributed by atoms with E-state index in [-0.39, 0.29) is 5.91 Å². The molecule has 1 unspecified atom stereocenters. The molecule has 0 saturated carbocycles. The number of likely N-dealkylation sites (N-methyl/N-ethyl adjacent to an activating group) is 2. The molecule has 0 aliphatic heterocycles. The highest BCUT2D eigenvalue weighted by Crippen LogP contribution is 2.31. The van der Waals surface area contributed by atoms with E-state index in [0.717, 1.165) is 52.5 Å². The maximum absolute atomic E-state index is 13.4. The van der Waals surface area contributed by atoms with Crippen molar-refractivity contribution >= 4 is 40.2 Å². The number of ether oxygens (including phenoxy) is 1. The zero-order chi connectivity index (χ0) is 31.8. The lowest BCUT2D eigenvalue weighted by Gasteiger charge is -2.28. The Labute approximate surface area is 266 Å². The van der Waals surface area contributed by atoms with Crippen molar-refractivity contribution < 1.29 is 9.53 Å². The second-order valence-electron chi connectivity index (χ2n) is 11.6. The lowest BCUT2D eigenvalue weighted by molar-refractivity contribution is 0.0780. The molecule has 0 aliphatic carbocycles. The van der Waals surface area contributed by atoms with Gasteiger partial charge in [0, 0.05) is 68.4 Å². The zero-order valence-corrected chi connectivity index (χ0v) is 28.2. The van der Waals surface area contributed by atoms with Crippen molar-refractivity contribution in [3.63, 3.8) is 0 Å². The molecule has 9 nitrogen and oxygen atoms in total. The molecule has 2 heterocycles. The van der Waals surface area contributed by atoms with Crippen LogP contribution in [0.2, 0.25) is 0 Å². The summed E-state index contributed by atoms with van der Waals surface area (Å²) in [4.78, 5) is 30.7. The smallest absolute Gasteiger partial charge is 0.253 e. The first kappa shape index (κ1) is 33.3. The number of anilines is 2. The van der Waals surface area contributed by atoms with Crippen LogP contribution < -0.4 is 10.1 Å². The van der Waals surface area contributed by atoms with Gasteiger partial charge in [0.05, 0.1) is 17.8 Å². The first-order chi connectivity index (χ1) is 21.1. The molecule has 236 valence electrons. The van der Waals surface area contributed by atoms with Gasteiger partial charge in [-0.3, -0.25) is 4.79 Å². The molecule has 4 rings (SSSR count). The van der Waals surface area contributed by atoms with Crippen molar-refractivity contribution in [2.24, 2.45) is 7.05 Å². The molecule has 1 amide bonds. The molecule has 0 bridgehead atoms. The van der Waals surface area contributed by atoms with Crippen molar-refractivity contribution in [2.75, 3.05) is 66.0 Å². The Kier molecular flexibility index (Phi) is 11.7. The predicted octanol–water partition coefficient (Wildman–Crippen LogP) is 5.77. The van der Waals surface area contributed by atoms with E-state index in [1.807, 2.05) is 68.2 Å². The van der Waals surface area contributed by atoms with Crippen molar-refractivity contribution in [1.29, 1.82) is 0 Å². The van der Waals surface area contributed by atoms with Gasteiger partial charge in [-0.2, -0.15) is 0 Å². The minimum absolute atomic E-state index is 0.0125. The molecule has 0 spiro atoms. The molecular weight excluding hydrogens is 570 g/mol. The first-order valence-electron chi connectivity index (χ1n) is 15.2. The second-order valence-corrected chi connectivity index (χ2v) is 12.4. The minimum Gasteiger partial charge on any atom is -0.494 e. The zero-order valence-electron chi connectivity index (χ0n) is 27.4. The Morgan fingerprint density at radius 3 is 2.55 bits per heavy atom. The fourth-order valence-corrected chi connectivity index (χ4v) is 5.63. The summed E-state index contributed by atoms with van der Waals surface area (Å²) in [7, 11) is 10.2. The largest absolute Gasteiger partial charge is 0.494 e. The highest BCUT2D eigenvalue weighted by molar-refractivity contribution is 7.98. The molecule has 0 fully saturated rings. The van der Waals surface area contributed by atoms with Gasteiger partial charge in [-0.05, 0) is 78.0 Å². The molecule has 44 heavy (non-hydrogen) atoms. The number of nitrogens with zero attached hydrogens (tertiary/aromatic N) is 6.